The Balaban J connectivity index is 4.55. The molecule has 0 amide bonds. The maximum atomic E-state index is 11.3. The molecular formula is C10H18O3. The van der Waals surface area contributed by atoms with Crippen molar-refractivity contribution >= 4 is 12.3 Å². The van der Waals surface area contributed by atoms with Gasteiger partial charge in [-0.25, -0.2) is 0 Å². The summed E-state index contributed by atoms with van der Waals surface area (Å²) in [5.41, 5.74) is -0.702. The fourth-order valence-corrected chi connectivity index (χ4v) is 1.32. The van der Waals surface area contributed by atoms with E-state index in [-0.39, 0.29) is 11.9 Å². The zero-order valence-corrected chi connectivity index (χ0v) is 8.79. The summed E-state index contributed by atoms with van der Waals surface area (Å²) in [5, 5.41) is 0. The van der Waals surface area contributed by atoms with Crippen LogP contribution < -0.4 is 0 Å². The van der Waals surface area contributed by atoms with E-state index in [0.717, 1.165) is 19.1 Å². The van der Waals surface area contributed by atoms with Gasteiger partial charge in [0.05, 0.1) is 12.5 Å². The van der Waals surface area contributed by atoms with Gasteiger partial charge >= 0.3 is 5.97 Å². The summed E-state index contributed by atoms with van der Waals surface area (Å²) >= 11 is 0. The van der Waals surface area contributed by atoms with Crippen molar-refractivity contribution < 1.29 is 14.3 Å². The molecule has 13 heavy (non-hydrogen) atoms. The minimum atomic E-state index is -0.702. The average molecular weight is 186 g/mol. The number of hydrogen-bond acceptors (Lipinski definition) is 3. The molecule has 76 valence electrons. The maximum Gasteiger partial charge on any atom is 0.311 e. The third-order valence-corrected chi connectivity index (χ3v) is 2.40. The van der Waals surface area contributed by atoms with Crippen LogP contribution in [0, 0.1) is 11.3 Å². The van der Waals surface area contributed by atoms with E-state index in [4.69, 9.17) is 0 Å². The van der Waals surface area contributed by atoms with Gasteiger partial charge in [-0.2, -0.15) is 0 Å². The predicted molar refractivity (Wildman–Crippen MR) is 50.3 cm³/mol. The van der Waals surface area contributed by atoms with E-state index in [1.165, 1.54) is 7.11 Å². The molecule has 0 radical (unpaired) electrons. The topological polar surface area (TPSA) is 43.4 Å². The smallest absolute Gasteiger partial charge is 0.311 e. The van der Waals surface area contributed by atoms with Crippen molar-refractivity contribution in [3.8, 4) is 0 Å². The van der Waals surface area contributed by atoms with E-state index in [2.05, 4.69) is 4.74 Å². The summed E-state index contributed by atoms with van der Waals surface area (Å²) in [7, 11) is 1.35. The highest BCUT2D eigenvalue weighted by Crippen LogP contribution is 2.30. The number of hydrogen-bond donors (Lipinski definition) is 0. The van der Waals surface area contributed by atoms with E-state index in [1.807, 2.05) is 6.92 Å². The first-order valence-electron chi connectivity index (χ1n) is 4.54. The van der Waals surface area contributed by atoms with Crippen molar-refractivity contribution in [2.45, 2.75) is 33.6 Å². The van der Waals surface area contributed by atoms with E-state index < -0.39 is 5.41 Å². The van der Waals surface area contributed by atoms with Gasteiger partial charge in [0.15, 0.2) is 0 Å². The summed E-state index contributed by atoms with van der Waals surface area (Å²) in [5.74, 6) is -0.567. The lowest BCUT2D eigenvalue weighted by molar-refractivity contribution is -0.155. The zero-order chi connectivity index (χ0) is 10.5. The number of esters is 1. The monoisotopic (exact) mass is 186 g/mol. The largest absolute Gasteiger partial charge is 0.469 e. The molecule has 1 unspecified atom stereocenters. The minimum Gasteiger partial charge on any atom is -0.469 e. The molecule has 0 fully saturated rings. The Labute approximate surface area is 79.5 Å². The first-order valence-corrected chi connectivity index (χ1v) is 4.54. The van der Waals surface area contributed by atoms with Gasteiger partial charge in [0, 0.05) is 5.92 Å². The number of ether oxygens (including phenoxy) is 1. The molecule has 0 aliphatic heterocycles. The SMILES string of the molecule is CCCC(C=O)C(C)(C)C(=O)OC. The molecule has 0 aromatic heterocycles. The van der Waals surface area contributed by atoms with Crippen molar-refractivity contribution in [2.24, 2.45) is 11.3 Å². The van der Waals surface area contributed by atoms with Crippen molar-refractivity contribution in [3.05, 3.63) is 0 Å². The van der Waals surface area contributed by atoms with Gasteiger partial charge in [0.1, 0.15) is 6.29 Å². The van der Waals surface area contributed by atoms with E-state index in [1.54, 1.807) is 13.8 Å². The summed E-state index contributed by atoms with van der Waals surface area (Å²) in [6, 6.07) is 0. The Kier molecular flexibility index (Phi) is 4.67. The summed E-state index contributed by atoms with van der Waals surface area (Å²) in [4.78, 5) is 22.1. The molecular weight excluding hydrogens is 168 g/mol. The first kappa shape index (κ1) is 12.1. The second-order valence-electron chi connectivity index (χ2n) is 3.74. The number of rotatable bonds is 5. The summed E-state index contributed by atoms with van der Waals surface area (Å²) < 4.78 is 4.65. The Morgan fingerprint density at radius 1 is 1.54 bits per heavy atom. The van der Waals surface area contributed by atoms with Crippen LogP contribution in [0.15, 0.2) is 0 Å². The third-order valence-electron chi connectivity index (χ3n) is 2.40. The van der Waals surface area contributed by atoms with Crippen LogP contribution in [0.1, 0.15) is 33.6 Å². The number of aldehydes is 1. The van der Waals surface area contributed by atoms with Crippen LogP contribution in [0.3, 0.4) is 0 Å². The zero-order valence-electron chi connectivity index (χ0n) is 8.79. The Morgan fingerprint density at radius 2 is 2.08 bits per heavy atom. The summed E-state index contributed by atoms with van der Waals surface area (Å²) in [6.07, 6.45) is 2.47. The van der Waals surface area contributed by atoms with Crippen molar-refractivity contribution in [3.63, 3.8) is 0 Å². The van der Waals surface area contributed by atoms with Crippen LogP contribution in [0.5, 0.6) is 0 Å². The normalized spacial score (nSPS) is 13.5. The molecule has 3 heteroatoms. The average Bonchev–Trinajstić information content (AvgIpc) is 2.12. The van der Waals surface area contributed by atoms with Gasteiger partial charge < -0.3 is 9.53 Å². The van der Waals surface area contributed by atoms with Crippen molar-refractivity contribution in [1.82, 2.24) is 0 Å². The van der Waals surface area contributed by atoms with Gasteiger partial charge in [-0.3, -0.25) is 4.79 Å². The van der Waals surface area contributed by atoms with Crippen molar-refractivity contribution in [2.75, 3.05) is 7.11 Å². The molecule has 0 aromatic rings. The number of methoxy groups -OCH3 is 1. The molecule has 0 N–H and O–H groups in total. The van der Waals surface area contributed by atoms with Crippen LogP contribution >= 0.6 is 0 Å². The highest BCUT2D eigenvalue weighted by Gasteiger charge is 2.36. The number of carbonyl (C=O) groups is 2. The lowest BCUT2D eigenvalue weighted by Gasteiger charge is -2.27. The van der Waals surface area contributed by atoms with Gasteiger partial charge in [-0.05, 0) is 20.3 Å². The Morgan fingerprint density at radius 3 is 2.38 bits per heavy atom. The van der Waals surface area contributed by atoms with Gasteiger partial charge in [0.2, 0.25) is 0 Å². The molecule has 1 atom stereocenters. The fraction of sp³-hybridized carbons (Fsp3) is 0.800. The molecule has 0 aromatic carbocycles. The molecule has 0 aliphatic carbocycles. The first-order chi connectivity index (χ1) is 6.00. The third kappa shape index (κ3) is 2.83. The number of carbonyl (C=O) groups excluding carboxylic acids is 2. The predicted octanol–water partition coefficient (Wildman–Crippen LogP) is 1.80. The van der Waals surface area contributed by atoms with Crippen LogP contribution in [-0.4, -0.2) is 19.4 Å². The van der Waals surface area contributed by atoms with Crippen LogP contribution in [0.2, 0.25) is 0 Å². The fourth-order valence-electron chi connectivity index (χ4n) is 1.32. The second-order valence-corrected chi connectivity index (χ2v) is 3.74. The molecule has 0 saturated heterocycles. The molecule has 0 aliphatic rings. The standard InChI is InChI=1S/C10H18O3/c1-5-6-8(7-11)10(2,3)9(12)13-4/h7-8H,5-6H2,1-4H3. The highest BCUT2D eigenvalue weighted by molar-refractivity contribution is 5.80. The van der Waals surface area contributed by atoms with Crippen LogP contribution in [0.4, 0.5) is 0 Å². The van der Waals surface area contributed by atoms with Gasteiger partial charge in [-0.15, -0.1) is 0 Å². The molecule has 0 rings (SSSR count). The molecule has 0 saturated carbocycles. The molecule has 0 bridgehead atoms. The lowest BCUT2D eigenvalue weighted by Crippen LogP contribution is -2.34. The molecule has 3 nitrogen and oxygen atoms in total. The summed E-state index contributed by atoms with van der Waals surface area (Å²) in [6.45, 7) is 5.48. The minimum absolute atomic E-state index is 0.245. The molecule has 0 spiro atoms. The maximum absolute atomic E-state index is 11.3. The van der Waals surface area contributed by atoms with E-state index >= 15 is 0 Å². The highest BCUT2D eigenvalue weighted by atomic mass is 16.5. The molecule has 0 heterocycles. The van der Waals surface area contributed by atoms with Crippen LogP contribution in [-0.2, 0) is 14.3 Å². The van der Waals surface area contributed by atoms with E-state index in [9.17, 15) is 9.59 Å². The van der Waals surface area contributed by atoms with Crippen molar-refractivity contribution in [1.29, 1.82) is 0 Å². The second kappa shape index (κ2) is 5.00. The lowest BCUT2D eigenvalue weighted by atomic mass is 9.77. The van der Waals surface area contributed by atoms with Gasteiger partial charge in [-0.1, -0.05) is 13.3 Å². The van der Waals surface area contributed by atoms with Gasteiger partial charge in [0.25, 0.3) is 0 Å². The Bertz CT molecular complexity index is 185. The van der Waals surface area contributed by atoms with Crippen LogP contribution in [0.25, 0.3) is 0 Å². The quantitative estimate of drug-likeness (QED) is 0.485. The Hall–Kier alpha value is -0.860. The van der Waals surface area contributed by atoms with E-state index in [0.29, 0.717) is 0 Å².